The summed E-state index contributed by atoms with van der Waals surface area (Å²) >= 11 is 0. The normalized spacial score (nSPS) is 11.9. The summed E-state index contributed by atoms with van der Waals surface area (Å²) in [6.45, 7) is 0. The highest BCUT2D eigenvalue weighted by Crippen LogP contribution is 2.13. The molecule has 0 N–H and O–H groups in total. The van der Waals surface area contributed by atoms with Crippen LogP contribution in [-0.4, -0.2) is 27.6 Å². The molecule has 0 aliphatic carbocycles. The van der Waals surface area contributed by atoms with Crippen LogP contribution in [0.3, 0.4) is 0 Å². The molecule has 3 nitrogen and oxygen atoms in total. The lowest BCUT2D eigenvalue weighted by molar-refractivity contribution is -0.0995. The molecule has 0 bridgehead atoms. The van der Waals surface area contributed by atoms with E-state index in [1.807, 2.05) is 36.4 Å². The number of benzene rings is 1. The van der Waals surface area contributed by atoms with Crippen LogP contribution < -0.4 is 0 Å². The van der Waals surface area contributed by atoms with Crippen molar-refractivity contribution in [3.05, 3.63) is 41.7 Å². The minimum absolute atomic E-state index is 0.463. The van der Waals surface area contributed by atoms with E-state index >= 15 is 0 Å². The quantitative estimate of drug-likeness (QED) is 0.549. The van der Waals surface area contributed by atoms with Crippen LogP contribution in [0.5, 0.6) is 0 Å². The molecule has 0 radical (unpaired) electrons. The van der Waals surface area contributed by atoms with Crippen LogP contribution in [0.2, 0.25) is 0 Å². The Morgan fingerprint density at radius 3 is 2.13 bits per heavy atom. The molecule has 0 amide bonds. The van der Waals surface area contributed by atoms with Crippen LogP contribution in [0.15, 0.2) is 36.1 Å². The van der Waals surface area contributed by atoms with Gasteiger partial charge in [0.1, 0.15) is 0 Å². The van der Waals surface area contributed by atoms with E-state index in [1.54, 1.807) is 21.3 Å². The Labute approximate surface area is 90.3 Å². The van der Waals surface area contributed by atoms with Gasteiger partial charge in [0.2, 0.25) is 6.29 Å². The van der Waals surface area contributed by atoms with E-state index in [4.69, 9.17) is 14.2 Å². The van der Waals surface area contributed by atoms with Crippen LogP contribution in [0, 0.1) is 0 Å². The molecule has 0 aliphatic heterocycles. The molecule has 82 valence electrons. The number of methoxy groups -OCH3 is 3. The van der Waals surface area contributed by atoms with Crippen molar-refractivity contribution in [3.8, 4) is 0 Å². The number of ether oxygens (including phenoxy) is 3. The molecule has 0 fully saturated rings. The largest absolute Gasteiger partial charge is 0.496 e. The number of rotatable bonds is 5. The van der Waals surface area contributed by atoms with Gasteiger partial charge in [0, 0.05) is 14.2 Å². The lowest BCUT2D eigenvalue weighted by Crippen LogP contribution is -2.17. The summed E-state index contributed by atoms with van der Waals surface area (Å²) in [6, 6.07) is 9.87. The van der Waals surface area contributed by atoms with Crippen molar-refractivity contribution in [1.29, 1.82) is 0 Å². The van der Waals surface area contributed by atoms with Crippen LogP contribution in [0.1, 0.15) is 5.56 Å². The third-order valence-electron chi connectivity index (χ3n) is 2.00. The van der Waals surface area contributed by atoms with E-state index in [1.165, 1.54) is 0 Å². The maximum Gasteiger partial charge on any atom is 0.216 e. The van der Waals surface area contributed by atoms with E-state index < -0.39 is 6.29 Å². The highest BCUT2D eigenvalue weighted by molar-refractivity contribution is 5.51. The Hall–Kier alpha value is -1.32. The van der Waals surface area contributed by atoms with Gasteiger partial charge in [-0.25, -0.2) is 0 Å². The Bertz CT molecular complexity index is 302. The monoisotopic (exact) mass is 208 g/mol. The standard InChI is InChI=1S/C12H16O3/c1-13-11(12(14-2)15-3)9-10-7-5-4-6-8-10/h4-9,12H,1-3H3/b11-9-. The molecule has 1 aromatic rings. The predicted molar refractivity (Wildman–Crippen MR) is 59.2 cm³/mol. The molecule has 1 aromatic carbocycles. The van der Waals surface area contributed by atoms with Gasteiger partial charge in [-0.05, 0) is 11.6 Å². The zero-order valence-corrected chi connectivity index (χ0v) is 9.27. The van der Waals surface area contributed by atoms with Gasteiger partial charge in [-0.3, -0.25) is 0 Å². The topological polar surface area (TPSA) is 27.7 Å². The van der Waals surface area contributed by atoms with Crippen LogP contribution >= 0.6 is 0 Å². The highest BCUT2D eigenvalue weighted by atomic mass is 16.7. The first-order chi connectivity index (χ1) is 7.31. The maximum absolute atomic E-state index is 5.21. The van der Waals surface area contributed by atoms with Gasteiger partial charge in [-0.2, -0.15) is 0 Å². The summed E-state index contributed by atoms with van der Waals surface area (Å²) in [5.74, 6) is 0.645. The number of hydrogen-bond donors (Lipinski definition) is 0. The summed E-state index contributed by atoms with van der Waals surface area (Å²) in [5, 5.41) is 0. The Balaban J connectivity index is 2.86. The third kappa shape index (κ3) is 3.38. The lowest BCUT2D eigenvalue weighted by Gasteiger charge is -2.15. The highest BCUT2D eigenvalue weighted by Gasteiger charge is 2.12. The molecule has 0 spiro atoms. The maximum atomic E-state index is 5.21. The molecular formula is C12H16O3. The first-order valence-electron chi connectivity index (χ1n) is 4.68. The van der Waals surface area contributed by atoms with Crippen molar-refractivity contribution in [2.45, 2.75) is 6.29 Å². The average molecular weight is 208 g/mol. The zero-order chi connectivity index (χ0) is 11.1. The first kappa shape index (κ1) is 11.8. The summed E-state index contributed by atoms with van der Waals surface area (Å²) < 4.78 is 15.4. The Morgan fingerprint density at radius 2 is 1.67 bits per heavy atom. The second kappa shape index (κ2) is 6.22. The third-order valence-corrected chi connectivity index (χ3v) is 2.00. The average Bonchev–Trinajstić information content (AvgIpc) is 2.30. The van der Waals surface area contributed by atoms with E-state index in [0.29, 0.717) is 5.76 Å². The Morgan fingerprint density at radius 1 is 1.07 bits per heavy atom. The molecular weight excluding hydrogens is 192 g/mol. The summed E-state index contributed by atoms with van der Waals surface area (Å²) in [5.41, 5.74) is 1.05. The Kier molecular flexibility index (Phi) is 4.87. The fraction of sp³-hybridized carbons (Fsp3) is 0.333. The molecule has 1 rings (SSSR count). The molecule has 0 saturated heterocycles. The van der Waals surface area contributed by atoms with Gasteiger partial charge in [0.05, 0.1) is 7.11 Å². The molecule has 0 heterocycles. The lowest BCUT2D eigenvalue weighted by atomic mass is 10.2. The zero-order valence-electron chi connectivity index (χ0n) is 9.27. The minimum Gasteiger partial charge on any atom is -0.496 e. The second-order valence-electron chi connectivity index (χ2n) is 2.96. The minimum atomic E-state index is -0.463. The molecule has 0 saturated carbocycles. The van der Waals surface area contributed by atoms with Gasteiger partial charge in [0.15, 0.2) is 5.76 Å². The van der Waals surface area contributed by atoms with Gasteiger partial charge >= 0.3 is 0 Å². The fourth-order valence-electron chi connectivity index (χ4n) is 1.27. The van der Waals surface area contributed by atoms with Gasteiger partial charge in [0.25, 0.3) is 0 Å². The molecule has 3 heteroatoms. The molecule has 0 aromatic heterocycles. The van der Waals surface area contributed by atoms with Crippen LogP contribution in [0.4, 0.5) is 0 Å². The number of hydrogen-bond acceptors (Lipinski definition) is 3. The first-order valence-corrected chi connectivity index (χ1v) is 4.68. The van der Waals surface area contributed by atoms with Crippen molar-refractivity contribution in [3.63, 3.8) is 0 Å². The molecule has 15 heavy (non-hydrogen) atoms. The van der Waals surface area contributed by atoms with Gasteiger partial charge in [-0.1, -0.05) is 30.3 Å². The van der Waals surface area contributed by atoms with Gasteiger partial charge in [-0.15, -0.1) is 0 Å². The van der Waals surface area contributed by atoms with E-state index in [2.05, 4.69) is 0 Å². The molecule has 0 unspecified atom stereocenters. The predicted octanol–water partition coefficient (Wildman–Crippen LogP) is 2.29. The van der Waals surface area contributed by atoms with E-state index in [9.17, 15) is 0 Å². The van der Waals surface area contributed by atoms with Gasteiger partial charge < -0.3 is 14.2 Å². The van der Waals surface area contributed by atoms with Crippen molar-refractivity contribution in [2.24, 2.45) is 0 Å². The van der Waals surface area contributed by atoms with E-state index in [-0.39, 0.29) is 0 Å². The fourth-order valence-corrected chi connectivity index (χ4v) is 1.27. The van der Waals surface area contributed by atoms with Crippen LogP contribution in [0.25, 0.3) is 6.08 Å². The van der Waals surface area contributed by atoms with Crippen molar-refractivity contribution in [1.82, 2.24) is 0 Å². The second-order valence-corrected chi connectivity index (χ2v) is 2.96. The molecule has 0 aliphatic rings. The molecule has 0 atom stereocenters. The van der Waals surface area contributed by atoms with Crippen LogP contribution in [-0.2, 0) is 14.2 Å². The summed E-state index contributed by atoms with van der Waals surface area (Å²) in [4.78, 5) is 0. The SMILES string of the molecule is CO/C(=C\c1ccccc1)C(OC)OC. The summed E-state index contributed by atoms with van der Waals surface area (Å²) in [6.07, 6.45) is 1.42. The summed E-state index contributed by atoms with van der Waals surface area (Å²) in [7, 11) is 4.75. The van der Waals surface area contributed by atoms with Crippen molar-refractivity contribution in [2.75, 3.05) is 21.3 Å². The van der Waals surface area contributed by atoms with Crippen molar-refractivity contribution < 1.29 is 14.2 Å². The smallest absolute Gasteiger partial charge is 0.216 e. The van der Waals surface area contributed by atoms with Crippen molar-refractivity contribution >= 4 is 6.08 Å². The van der Waals surface area contributed by atoms with E-state index in [0.717, 1.165) is 5.56 Å².